The maximum Gasteiger partial charge on any atom is 0.289 e. The molecule has 28 heavy (non-hydrogen) atoms. The first-order valence-corrected chi connectivity index (χ1v) is 8.61. The third kappa shape index (κ3) is 3.45. The summed E-state index contributed by atoms with van der Waals surface area (Å²) in [6, 6.07) is 17.1. The minimum Gasteiger partial charge on any atom is -0.496 e. The molecule has 2 heterocycles. The van der Waals surface area contributed by atoms with Crippen molar-refractivity contribution in [1.29, 1.82) is 0 Å². The first-order valence-electron chi connectivity index (χ1n) is 8.61. The summed E-state index contributed by atoms with van der Waals surface area (Å²) in [5.41, 5.74) is 5.07. The number of rotatable bonds is 5. The molecule has 0 saturated heterocycles. The smallest absolute Gasteiger partial charge is 0.289 e. The fraction of sp³-hybridized carbons (Fsp3) is 0.0476. The Morgan fingerprint density at radius 1 is 1.14 bits per heavy atom. The molecule has 138 valence electrons. The van der Waals surface area contributed by atoms with Crippen LogP contribution in [0.25, 0.3) is 22.0 Å². The van der Waals surface area contributed by atoms with E-state index in [-0.39, 0.29) is 5.91 Å². The van der Waals surface area contributed by atoms with Gasteiger partial charge in [0.1, 0.15) is 11.4 Å². The van der Waals surface area contributed by atoms with Gasteiger partial charge < -0.3 is 4.74 Å². The van der Waals surface area contributed by atoms with Crippen molar-refractivity contribution >= 4 is 22.9 Å². The quantitative estimate of drug-likeness (QED) is 0.415. The number of nitrogens with zero attached hydrogens (tertiary/aromatic N) is 3. The molecule has 7 nitrogen and oxygen atoms in total. The predicted molar refractivity (Wildman–Crippen MR) is 107 cm³/mol. The second-order valence-corrected chi connectivity index (χ2v) is 6.01. The maximum absolute atomic E-state index is 12.4. The number of amides is 1. The van der Waals surface area contributed by atoms with Crippen molar-refractivity contribution in [2.24, 2.45) is 5.10 Å². The average molecular weight is 371 g/mol. The number of fused-ring (bicyclic) bond motifs is 1. The molecule has 1 amide bonds. The van der Waals surface area contributed by atoms with Crippen molar-refractivity contribution in [2.75, 3.05) is 7.11 Å². The van der Waals surface area contributed by atoms with Gasteiger partial charge in [0, 0.05) is 12.4 Å². The van der Waals surface area contributed by atoms with Crippen LogP contribution >= 0.6 is 0 Å². The summed E-state index contributed by atoms with van der Waals surface area (Å²) in [5, 5.41) is 13.1. The van der Waals surface area contributed by atoms with Gasteiger partial charge in [0.2, 0.25) is 0 Å². The van der Waals surface area contributed by atoms with E-state index in [1.807, 2.05) is 36.4 Å². The molecule has 0 radical (unpaired) electrons. The molecule has 0 aliphatic carbocycles. The molecule has 0 unspecified atom stereocenters. The number of carbonyl (C=O) groups is 1. The molecular formula is C21H17N5O2. The van der Waals surface area contributed by atoms with E-state index in [0.717, 1.165) is 21.9 Å². The van der Waals surface area contributed by atoms with Crippen molar-refractivity contribution in [3.63, 3.8) is 0 Å². The number of pyridine rings is 1. The normalized spacial score (nSPS) is 11.0. The molecule has 2 N–H and O–H groups in total. The van der Waals surface area contributed by atoms with Gasteiger partial charge in [0.25, 0.3) is 5.91 Å². The van der Waals surface area contributed by atoms with Gasteiger partial charge in [0.15, 0.2) is 0 Å². The van der Waals surface area contributed by atoms with Crippen LogP contribution in [0.2, 0.25) is 0 Å². The highest BCUT2D eigenvalue weighted by atomic mass is 16.5. The number of aromatic nitrogens is 3. The summed E-state index contributed by atoms with van der Waals surface area (Å²) in [5.74, 6) is 0.302. The maximum atomic E-state index is 12.4. The number of hydrogen-bond acceptors (Lipinski definition) is 5. The minimum atomic E-state index is -0.386. The number of nitrogens with one attached hydrogen (secondary N) is 2. The van der Waals surface area contributed by atoms with Gasteiger partial charge in [0.05, 0.1) is 24.6 Å². The predicted octanol–water partition coefficient (Wildman–Crippen LogP) is 3.40. The Kier molecular flexibility index (Phi) is 4.79. The Labute approximate surface area is 161 Å². The monoisotopic (exact) mass is 371 g/mol. The van der Waals surface area contributed by atoms with Gasteiger partial charge in [-0.2, -0.15) is 10.2 Å². The molecule has 0 atom stereocenters. The molecule has 0 bridgehead atoms. The first-order chi connectivity index (χ1) is 13.8. The molecule has 7 heteroatoms. The lowest BCUT2D eigenvalue weighted by Crippen LogP contribution is -2.17. The second-order valence-electron chi connectivity index (χ2n) is 6.01. The van der Waals surface area contributed by atoms with Crippen LogP contribution in [0.4, 0.5) is 0 Å². The number of hydrazone groups is 1. The third-order valence-corrected chi connectivity index (χ3v) is 4.28. The van der Waals surface area contributed by atoms with Crippen LogP contribution in [0.5, 0.6) is 5.75 Å². The molecule has 0 spiro atoms. The SMILES string of the molecule is COc1ccc2ccccc2c1-c1cc(C(=O)N/N=C/c2ccncc2)[nH]n1. The van der Waals surface area contributed by atoms with E-state index in [1.165, 1.54) is 0 Å². The zero-order valence-electron chi connectivity index (χ0n) is 15.1. The molecule has 4 rings (SSSR count). The zero-order chi connectivity index (χ0) is 19.3. The number of methoxy groups -OCH3 is 1. The Hall–Kier alpha value is -4.00. The first kappa shape index (κ1) is 17.4. The minimum absolute atomic E-state index is 0.303. The molecular weight excluding hydrogens is 354 g/mol. The van der Waals surface area contributed by atoms with Crippen LogP contribution in [0, 0.1) is 0 Å². The average Bonchev–Trinajstić information content (AvgIpc) is 3.23. The standard InChI is InChI=1S/C21H17N5O2/c1-28-19-7-6-15-4-2-3-5-16(15)20(19)17-12-18(25-24-17)21(27)26-23-13-14-8-10-22-11-9-14/h2-13H,1H3,(H,24,25)(H,26,27)/b23-13+. The molecule has 0 fully saturated rings. The fourth-order valence-electron chi connectivity index (χ4n) is 2.93. The lowest BCUT2D eigenvalue weighted by atomic mass is 10.0. The van der Waals surface area contributed by atoms with Gasteiger partial charge in [-0.25, -0.2) is 5.43 Å². The van der Waals surface area contributed by atoms with Crippen molar-refractivity contribution in [3.05, 3.63) is 78.2 Å². The van der Waals surface area contributed by atoms with Crippen LogP contribution < -0.4 is 10.2 Å². The second kappa shape index (κ2) is 7.71. The topological polar surface area (TPSA) is 92.3 Å². The van der Waals surface area contributed by atoms with E-state index in [2.05, 4.69) is 25.7 Å². The molecule has 0 aliphatic rings. The van der Waals surface area contributed by atoms with Crippen LogP contribution in [0.3, 0.4) is 0 Å². The lowest BCUT2D eigenvalue weighted by Gasteiger charge is -2.09. The largest absolute Gasteiger partial charge is 0.496 e. The van der Waals surface area contributed by atoms with Gasteiger partial charge in [-0.15, -0.1) is 0 Å². The third-order valence-electron chi connectivity index (χ3n) is 4.28. The number of aromatic amines is 1. The van der Waals surface area contributed by atoms with Crippen LogP contribution in [0.1, 0.15) is 16.1 Å². The molecule has 0 aliphatic heterocycles. The van der Waals surface area contributed by atoms with Gasteiger partial charge in [-0.1, -0.05) is 30.3 Å². The van der Waals surface area contributed by atoms with Crippen molar-refractivity contribution in [1.82, 2.24) is 20.6 Å². The van der Waals surface area contributed by atoms with Crippen molar-refractivity contribution < 1.29 is 9.53 Å². The van der Waals surface area contributed by atoms with Gasteiger partial charge in [-0.05, 0) is 40.6 Å². The van der Waals surface area contributed by atoms with E-state index < -0.39 is 0 Å². The van der Waals surface area contributed by atoms with E-state index in [4.69, 9.17) is 4.74 Å². The van der Waals surface area contributed by atoms with E-state index in [1.54, 1.807) is 43.9 Å². The van der Waals surface area contributed by atoms with Crippen LogP contribution in [-0.4, -0.2) is 34.4 Å². The highest BCUT2D eigenvalue weighted by Gasteiger charge is 2.16. The number of benzene rings is 2. The molecule has 0 saturated carbocycles. The van der Waals surface area contributed by atoms with E-state index in [9.17, 15) is 4.79 Å². The number of hydrogen-bond donors (Lipinski definition) is 2. The van der Waals surface area contributed by atoms with E-state index in [0.29, 0.717) is 17.1 Å². The summed E-state index contributed by atoms with van der Waals surface area (Å²) >= 11 is 0. The van der Waals surface area contributed by atoms with Crippen molar-refractivity contribution in [2.45, 2.75) is 0 Å². The Morgan fingerprint density at radius 2 is 1.96 bits per heavy atom. The van der Waals surface area contributed by atoms with Crippen LogP contribution in [0.15, 0.2) is 72.1 Å². The zero-order valence-corrected chi connectivity index (χ0v) is 15.1. The number of H-pyrrole nitrogens is 1. The molecule has 2 aromatic carbocycles. The lowest BCUT2D eigenvalue weighted by molar-refractivity contribution is 0.0950. The number of carbonyl (C=O) groups excluding carboxylic acids is 1. The highest BCUT2D eigenvalue weighted by molar-refractivity contribution is 6.00. The summed E-state index contributed by atoms with van der Waals surface area (Å²) < 4.78 is 5.51. The summed E-state index contributed by atoms with van der Waals surface area (Å²) in [6.45, 7) is 0. The van der Waals surface area contributed by atoms with Crippen LogP contribution in [-0.2, 0) is 0 Å². The molecule has 4 aromatic rings. The number of ether oxygens (including phenoxy) is 1. The molecule has 2 aromatic heterocycles. The van der Waals surface area contributed by atoms with Gasteiger partial charge >= 0.3 is 0 Å². The Morgan fingerprint density at radius 3 is 2.79 bits per heavy atom. The highest BCUT2D eigenvalue weighted by Crippen LogP contribution is 2.36. The summed E-state index contributed by atoms with van der Waals surface area (Å²) in [4.78, 5) is 16.3. The fourth-order valence-corrected chi connectivity index (χ4v) is 2.93. The van der Waals surface area contributed by atoms with E-state index >= 15 is 0 Å². The summed E-state index contributed by atoms with van der Waals surface area (Å²) in [6.07, 6.45) is 4.86. The Bertz CT molecular complexity index is 1150. The Balaban J connectivity index is 1.60. The van der Waals surface area contributed by atoms with Gasteiger partial charge in [-0.3, -0.25) is 14.9 Å². The summed E-state index contributed by atoms with van der Waals surface area (Å²) in [7, 11) is 1.61. The van der Waals surface area contributed by atoms with Crippen molar-refractivity contribution in [3.8, 4) is 17.0 Å².